The van der Waals surface area contributed by atoms with E-state index in [0.717, 1.165) is 5.56 Å². The molecular formula is C20H20O4. The molecule has 124 valence electrons. The van der Waals surface area contributed by atoms with Crippen LogP contribution in [0.1, 0.15) is 47.9 Å². The quantitative estimate of drug-likeness (QED) is 0.899. The number of aliphatic hydroxyl groups is 1. The number of hydrogen-bond acceptors (Lipinski definition) is 4. The topological polar surface area (TPSA) is 66.8 Å². The van der Waals surface area contributed by atoms with Crippen molar-refractivity contribution in [1.82, 2.24) is 0 Å². The van der Waals surface area contributed by atoms with Crippen LogP contribution in [0.5, 0.6) is 11.5 Å². The first-order valence-electron chi connectivity index (χ1n) is 7.87. The van der Waals surface area contributed by atoms with Gasteiger partial charge in [-0.25, -0.2) is 0 Å². The molecule has 1 aliphatic rings. The van der Waals surface area contributed by atoms with Crippen LogP contribution in [0.4, 0.5) is 0 Å². The number of hydrogen-bond donors (Lipinski definition) is 2. The maximum absolute atomic E-state index is 12.5. The van der Waals surface area contributed by atoms with Crippen LogP contribution in [0, 0.1) is 0 Å². The number of carbonyl (C=O) groups excluding carboxylic acids is 1. The van der Waals surface area contributed by atoms with E-state index in [1.165, 1.54) is 6.07 Å². The molecule has 4 nitrogen and oxygen atoms in total. The number of carbonyl (C=O) groups is 1. The minimum Gasteiger partial charge on any atom is -0.507 e. The van der Waals surface area contributed by atoms with Crippen LogP contribution in [-0.2, 0) is 0 Å². The largest absolute Gasteiger partial charge is 0.507 e. The molecule has 1 heterocycles. The van der Waals surface area contributed by atoms with Crippen molar-refractivity contribution < 1.29 is 19.7 Å². The molecule has 0 radical (unpaired) electrons. The predicted octanol–water partition coefficient (Wildman–Crippen LogP) is 3.88. The standard InChI is InChI=1S/C20H20O4/c1-20(2,23)11-10-15-16(21)9-8-14-17(22)12-18(24-19(14)15)13-6-4-3-5-7-13/h3-11,18,21,23H,12H2,1-2H3/b11-10-/t18-/m1/s1. The maximum atomic E-state index is 12.5. The molecule has 0 bridgehead atoms. The van der Waals surface area contributed by atoms with Crippen molar-refractivity contribution >= 4 is 11.9 Å². The number of aromatic hydroxyl groups is 1. The molecule has 4 heteroatoms. The molecule has 2 N–H and O–H groups in total. The Kier molecular flexibility index (Phi) is 4.16. The molecule has 0 aromatic heterocycles. The highest BCUT2D eigenvalue weighted by Crippen LogP contribution is 2.41. The van der Waals surface area contributed by atoms with Crippen LogP contribution in [0.15, 0.2) is 48.5 Å². The summed E-state index contributed by atoms with van der Waals surface area (Å²) in [5, 5.41) is 20.1. The van der Waals surface area contributed by atoms with Gasteiger partial charge >= 0.3 is 0 Å². The SMILES string of the molecule is CC(C)(O)/C=C\c1c(O)ccc2c1O[C@@H](c1ccccc1)CC2=O. The summed E-state index contributed by atoms with van der Waals surface area (Å²) >= 11 is 0. The van der Waals surface area contributed by atoms with E-state index in [1.54, 1.807) is 32.1 Å². The summed E-state index contributed by atoms with van der Waals surface area (Å²) in [6.07, 6.45) is 3.02. The highest BCUT2D eigenvalue weighted by Gasteiger charge is 2.30. The van der Waals surface area contributed by atoms with Gasteiger partial charge in [0.25, 0.3) is 0 Å². The van der Waals surface area contributed by atoms with E-state index in [9.17, 15) is 15.0 Å². The summed E-state index contributed by atoms with van der Waals surface area (Å²) in [5.74, 6) is 0.347. The smallest absolute Gasteiger partial charge is 0.170 e. The van der Waals surface area contributed by atoms with Gasteiger partial charge in [0.05, 0.1) is 23.1 Å². The van der Waals surface area contributed by atoms with Gasteiger partial charge in [-0.05, 0) is 37.6 Å². The van der Waals surface area contributed by atoms with Gasteiger partial charge in [0.1, 0.15) is 17.6 Å². The van der Waals surface area contributed by atoms with E-state index >= 15 is 0 Å². The van der Waals surface area contributed by atoms with Crippen LogP contribution in [-0.4, -0.2) is 21.6 Å². The van der Waals surface area contributed by atoms with E-state index in [4.69, 9.17) is 4.74 Å². The van der Waals surface area contributed by atoms with Crippen LogP contribution in [0.3, 0.4) is 0 Å². The Labute approximate surface area is 141 Å². The fraction of sp³-hybridized carbons (Fsp3) is 0.250. The summed E-state index contributed by atoms with van der Waals surface area (Å²) < 4.78 is 6.05. The summed E-state index contributed by atoms with van der Waals surface area (Å²) in [5.41, 5.74) is 0.739. The third kappa shape index (κ3) is 3.34. The normalized spacial score (nSPS) is 17.6. The van der Waals surface area contributed by atoms with Crippen molar-refractivity contribution in [2.75, 3.05) is 0 Å². The second-order valence-corrected chi connectivity index (χ2v) is 6.51. The van der Waals surface area contributed by atoms with Crippen molar-refractivity contribution in [2.45, 2.75) is 32.0 Å². The molecule has 0 aliphatic carbocycles. The fourth-order valence-electron chi connectivity index (χ4n) is 2.70. The molecule has 0 spiro atoms. The molecule has 0 amide bonds. The Bertz CT molecular complexity index is 785. The summed E-state index contributed by atoms with van der Waals surface area (Å²) in [6.45, 7) is 3.27. The van der Waals surface area contributed by atoms with Crippen LogP contribution in [0.2, 0.25) is 0 Å². The lowest BCUT2D eigenvalue weighted by atomic mass is 9.93. The zero-order valence-electron chi connectivity index (χ0n) is 13.7. The van der Waals surface area contributed by atoms with Gasteiger partial charge in [-0.15, -0.1) is 0 Å². The number of fused-ring (bicyclic) bond motifs is 1. The zero-order chi connectivity index (χ0) is 17.3. The summed E-state index contributed by atoms with van der Waals surface area (Å²) in [6, 6.07) is 12.6. The van der Waals surface area contributed by atoms with E-state index in [-0.39, 0.29) is 24.1 Å². The zero-order valence-corrected chi connectivity index (χ0v) is 13.7. The summed E-state index contributed by atoms with van der Waals surface area (Å²) in [4.78, 5) is 12.5. The molecule has 2 aromatic carbocycles. The molecule has 3 rings (SSSR count). The lowest BCUT2D eigenvalue weighted by Crippen LogP contribution is -2.21. The fourth-order valence-corrected chi connectivity index (χ4v) is 2.70. The molecule has 1 aliphatic heterocycles. The number of ether oxygens (including phenoxy) is 1. The number of benzene rings is 2. The first-order chi connectivity index (χ1) is 11.3. The van der Waals surface area contributed by atoms with E-state index in [0.29, 0.717) is 16.9 Å². The van der Waals surface area contributed by atoms with Crippen molar-refractivity contribution in [1.29, 1.82) is 0 Å². The molecule has 1 atom stereocenters. The number of ketones is 1. The van der Waals surface area contributed by atoms with Gasteiger partial charge in [-0.3, -0.25) is 4.79 Å². The van der Waals surface area contributed by atoms with Crippen LogP contribution < -0.4 is 4.74 Å². The molecule has 0 saturated carbocycles. The lowest BCUT2D eigenvalue weighted by molar-refractivity contribution is 0.0849. The minimum absolute atomic E-state index is 0.00996. The molecular weight excluding hydrogens is 304 g/mol. The predicted molar refractivity (Wildman–Crippen MR) is 92.2 cm³/mol. The highest BCUT2D eigenvalue weighted by atomic mass is 16.5. The Morgan fingerprint density at radius 1 is 1.17 bits per heavy atom. The lowest BCUT2D eigenvalue weighted by Gasteiger charge is -2.27. The Hall–Kier alpha value is -2.59. The van der Waals surface area contributed by atoms with Crippen LogP contribution >= 0.6 is 0 Å². The van der Waals surface area contributed by atoms with Crippen molar-refractivity contribution in [3.63, 3.8) is 0 Å². The Morgan fingerprint density at radius 2 is 1.88 bits per heavy atom. The van der Waals surface area contributed by atoms with Gasteiger partial charge in [-0.1, -0.05) is 36.4 Å². The minimum atomic E-state index is -1.04. The van der Waals surface area contributed by atoms with Crippen molar-refractivity contribution in [3.05, 3.63) is 65.2 Å². The van der Waals surface area contributed by atoms with E-state index in [1.807, 2.05) is 30.3 Å². The van der Waals surface area contributed by atoms with Gasteiger partial charge in [-0.2, -0.15) is 0 Å². The van der Waals surface area contributed by atoms with Crippen molar-refractivity contribution in [2.24, 2.45) is 0 Å². The first-order valence-corrected chi connectivity index (χ1v) is 7.87. The second kappa shape index (κ2) is 6.13. The van der Waals surface area contributed by atoms with Gasteiger partial charge < -0.3 is 14.9 Å². The average Bonchev–Trinajstić information content (AvgIpc) is 2.53. The molecule has 0 unspecified atom stereocenters. The Morgan fingerprint density at radius 3 is 2.54 bits per heavy atom. The molecule has 0 fully saturated rings. The number of phenols is 1. The average molecular weight is 324 g/mol. The molecule has 24 heavy (non-hydrogen) atoms. The third-order valence-electron chi connectivity index (χ3n) is 3.93. The van der Waals surface area contributed by atoms with Gasteiger partial charge in [0.2, 0.25) is 0 Å². The molecule has 2 aromatic rings. The Balaban J connectivity index is 2.05. The molecule has 0 saturated heterocycles. The monoisotopic (exact) mass is 324 g/mol. The van der Waals surface area contributed by atoms with E-state index in [2.05, 4.69) is 0 Å². The van der Waals surface area contributed by atoms with E-state index < -0.39 is 5.60 Å². The second-order valence-electron chi connectivity index (χ2n) is 6.51. The number of rotatable bonds is 3. The third-order valence-corrected chi connectivity index (χ3v) is 3.93. The first kappa shape index (κ1) is 16.3. The van der Waals surface area contributed by atoms with Gasteiger partial charge in [0, 0.05) is 0 Å². The van der Waals surface area contributed by atoms with Gasteiger partial charge in [0.15, 0.2) is 5.78 Å². The highest BCUT2D eigenvalue weighted by molar-refractivity contribution is 6.01. The van der Waals surface area contributed by atoms with Crippen LogP contribution in [0.25, 0.3) is 6.08 Å². The maximum Gasteiger partial charge on any atom is 0.170 e. The summed E-state index contributed by atoms with van der Waals surface area (Å²) in [7, 11) is 0. The number of Topliss-reactive ketones (excluding diaryl/α,β-unsaturated/α-hetero) is 1. The number of phenolic OH excluding ortho intramolecular Hbond substituents is 1. The van der Waals surface area contributed by atoms with Crippen molar-refractivity contribution in [3.8, 4) is 11.5 Å².